The number of ether oxygens (including phenoxy) is 4. The first-order chi connectivity index (χ1) is 40.4. The first kappa shape index (κ1) is 68.8. The zero-order valence-electron chi connectivity index (χ0n) is 51.9. The Balaban J connectivity index is 1.26. The molecule has 8 amide bonds. The lowest BCUT2D eigenvalue weighted by atomic mass is 9.83. The molecule has 0 saturated carbocycles. The molecule has 3 aliphatic rings. The summed E-state index contributed by atoms with van der Waals surface area (Å²) in [4.78, 5) is 128. The van der Waals surface area contributed by atoms with Crippen LogP contribution in [0.3, 0.4) is 0 Å². The van der Waals surface area contributed by atoms with Crippen molar-refractivity contribution in [3.05, 3.63) is 89.5 Å². The van der Waals surface area contributed by atoms with Gasteiger partial charge in [-0.3, -0.25) is 43.8 Å². The molecule has 4 N–H and O–H groups in total. The second-order valence-electron chi connectivity index (χ2n) is 23.5. The maximum atomic E-state index is 14.9. The molecule has 468 valence electrons. The van der Waals surface area contributed by atoms with Crippen LogP contribution >= 0.6 is 0 Å². The highest BCUT2D eigenvalue weighted by atomic mass is 16.6. The number of carbonyl (C=O) groups excluding carboxylic acids is 9. The first-order valence-corrected chi connectivity index (χ1v) is 30.1. The summed E-state index contributed by atoms with van der Waals surface area (Å²) in [5.74, 6) is -5.28. The van der Waals surface area contributed by atoms with Gasteiger partial charge in [0.2, 0.25) is 17.7 Å². The summed E-state index contributed by atoms with van der Waals surface area (Å²) in [6.07, 6.45) is 7.80. The molecule has 85 heavy (non-hydrogen) atoms. The number of amides is 8. The topological polar surface area (TPSA) is 260 Å². The number of benzene rings is 2. The number of rotatable bonds is 29. The summed E-state index contributed by atoms with van der Waals surface area (Å²) in [5, 5.41) is 19.3. The van der Waals surface area contributed by atoms with Crippen LogP contribution in [0.4, 0.5) is 15.3 Å². The van der Waals surface area contributed by atoms with Gasteiger partial charge < -0.3 is 49.4 Å². The Labute approximate surface area is 501 Å². The highest BCUT2D eigenvalue weighted by Crippen LogP contribution is 2.32. The molecule has 11 atom stereocenters. The third-order valence-corrected chi connectivity index (χ3v) is 16.9. The number of likely N-dealkylation sites (tertiary alicyclic amines) is 1. The molecule has 0 aromatic heterocycles. The molecular formula is C64H93N7O14. The lowest BCUT2D eigenvalue weighted by Crippen LogP contribution is -2.55. The van der Waals surface area contributed by atoms with Crippen molar-refractivity contribution >= 4 is 59.1 Å². The summed E-state index contributed by atoms with van der Waals surface area (Å²) >= 11 is 0. The summed E-state index contributed by atoms with van der Waals surface area (Å²) in [6, 6.07) is 10.9. The Bertz CT molecular complexity index is 2660. The number of hydrogen-bond acceptors (Lipinski definition) is 14. The van der Waals surface area contributed by atoms with E-state index in [1.165, 1.54) is 38.3 Å². The van der Waals surface area contributed by atoms with Gasteiger partial charge in [0, 0.05) is 72.4 Å². The largest absolute Gasteiger partial charge is 0.445 e. The van der Waals surface area contributed by atoms with Crippen LogP contribution in [0.15, 0.2) is 72.8 Å². The van der Waals surface area contributed by atoms with E-state index in [4.69, 9.17) is 18.9 Å². The minimum atomic E-state index is -1.01. The van der Waals surface area contributed by atoms with Gasteiger partial charge in [-0.25, -0.2) is 9.59 Å². The van der Waals surface area contributed by atoms with Gasteiger partial charge in [-0.1, -0.05) is 104 Å². The number of aliphatic hydroxyl groups excluding tert-OH is 1. The van der Waals surface area contributed by atoms with E-state index in [1.54, 1.807) is 62.7 Å². The number of hydrogen-bond donors (Lipinski definition) is 4. The lowest BCUT2D eigenvalue weighted by molar-refractivity contribution is -0.149. The Kier molecular flexibility index (Phi) is 26.8. The van der Waals surface area contributed by atoms with Crippen LogP contribution < -0.4 is 16.0 Å². The molecule has 1 fully saturated rings. The van der Waals surface area contributed by atoms with Crippen molar-refractivity contribution in [3.63, 3.8) is 0 Å². The Morgan fingerprint density at radius 3 is 2.14 bits per heavy atom. The van der Waals surface area contributed by atoms with E-state index in [2.05, 4.69) is 16.0 Å². The molecular weight excluding hydrogens is 1090 g/mol. The number of nitrogens with zero attached hydrogens (tertiary/aromatic N) is 4. The van der Waals surface area contributed by atoms with Gasteiger partial charge >= 0.3 is 12.2 Å². The number of allylic oxidation sites excluding steroid dienone is 1. The molecule has 2 heterocycles. The van der Waals surface area contributed by atoms with Crippen molar-refractivity contribution in [1.82, 2.24) is 30.2 Å². The molecule has 21 heteroatoms. The van der Waals surface area contributed by atoms with E-state index in [0.717, 1.165) is 42.7 Å². The van der Waals surface area contributed by atoms with Crippen LogP contribution in [0.5, 0.6) is 0 Å². The van der Waals surface area contributed by atoms with E-state index in [-0.39, 0.29) is 79.1 Å². The van der Waals surface area contributed by atoms with Gasteiger partial charge in [0.25, 0.3) is 17.7 Å². The predicted octanol–water partition coefficient (Wildman–Crippen LogP) is 7.76. The van der Waals surface area contributed by atoms with Crippen molar-refractivity contribution in [1.29, 1.82) is 0 Å². The standard InChI is InChI=1S/C64H93N7O14/c1-13-41(6)57(52(82-11)37-55(75)70-33-22-27-50(70)59(83-12)42(7)60(77)66-43(8)58(76)45-23-18-17-19-24-45)68(9)62(79)47(39(2)3)36-51(72)56(40(4)5)69(10)64(81)84-38-44-28-29-49(67-63(80)85-46-25-20-15-14-16-21-26-46)48(35-44)61(78)65-32-34-71-53(73)30-31-54(71)74/h17-20,23-25,28-31,35,39-43,46-47,50,52,56-59,76H,13-16,21-22,26-27,32-34,36-38H2,1-12H3,(H,65,78)(H,66,77)(H,67,80)/b25-20+/t41-,42+,43+,46?,47+,50-,52+,56-,57-,58+,59+/m0/s1. The van der Waals surface area contributed by atoms with Gasteiger partial charge in [-0.05, 0) is 92.5 Å². The normalized spacial score (nSPS) is 19.8. The van der Waals surface area contributed by atoms with Crippen LogP contribution in [0.25, 0.3) is 0 Å². The Hall–Kier alpha value is -6.97. The van der Waals surface area contributed by atoms with E-state index < -0.39 is 96.2 Å². The summed E-state index contributed by atoms with van der Waals surface area (Å²) in [7, 11) is 6.16. The molecule has 2 aliphatic heterocycles. The fraction of sp³-hybridized carbons (Fsp3) is 0.609. The summed E-state index contributed by atoms with van der Waals surface area (Å²) in [6.45, 7) is 14.7. The van der Waals surface area contributed by atoms with Crippen molar-refractivity contribution in [2.24, 2.45) is 29.6 Å². The third-order valence-electron chi connectivity index (χ3n) is 16.9. The van der Waals surface area contributed by atoms with E-state index in [9.17, 15) is 48.3 Å². The number of carbonyl (C=O) groups is 9. The molecule has 0 spiro atoms. The minimum absolute atomic E-state index is 0.00976. The van der Waals surface area contributed by atoms with Crippen molar-refractivity contribution in [3.8, 4) is 0 Å². The number of Topliss-reactive ketones (excluding diaryl/α,β-unsaturated/α-hetero) is 1. The molecule has 1 aliphatic carbocycles. The highest BCUT2D eigenvalue weighted by Gasteiger charge is 2.44. The number of imide groups is 1. The second-order valence-corrected chi connectivity index (χ2v) is 23.5. The van der Waals surface area contributed by atoms with Crippen LogP contribution in [0.2, 0.25) is 0 Å². The number of anilines is 1. The minimum Gasteiger partial charge on any atom is -0.445 e. The summed E-state index contributed by atoms with van der Waals surface area (Å²) < 4.78 is 23.5. The van der Waals surface area contributed by atoms with Crippen LogP contribution in [0.1, 0.15) is 147 Å². The van der Waals surface area contributed by atoms with E-state index >= 15 is 0 Å². The van der Waals surface area contributed by atoms with Crippen LogP contribution in [-0.4, -0.2) is 169 Å². The molecule has 1 saturated heterocycles. The fourth-order valence-electron chi connectivity index (χ4n) is 11.8. The average molecular weight is 1180 g/mol. The maximum Gasteiger partial charge on any atom is 0.412 e. The van der Waals surface area contributed by atoms with Gasteiger partial charge in [-0.15, -0.1) is 0 Å². The quantitative estimate of drug-likeness (QED) is 0.0448. The molecule has 21 nitrogen and oxygen atoms in total. The molecule has 0 radical (unpaired) electrons. The number of methoxy groups -OCH3 is 2. The number of likely N-dealkylation sites (N-methyl/N-ethyl adjacent to an activating group) is 2. The van der Waals surface area contributed by atoms with Crippen LogP contribution in [-0.2, 0) is 54.3 Å². The van der Waals surface area contributed by atoms with E-state index in [0.29, 0.717) is 43.4 Å². The fourth-order valence-corrected chi connectivity index (χ4v) is 11.8. The average Bonchev–Trinajstić information content (AvgIpc) is 3.70. The Morgan fingerprint density at radius 1 is 0.812 bits per heavy atom. The van der Waals surface area contributed by atoms with Crippen molar-refractivity contribution in [2.45, 2.75) is 175 Å². The van der Waals surface area contributed by atoms with Crippen LogP contribution in [0, 0.1) is 29.6 Å². The van der Waals surface area contributed by atoms with Crippen molar-refractivity contribution in [2.75, 3.05) is 53.3 Å². The smallest absolute Gasteiger partial charge is 0.412 e. The van der Waals surface area contributed by atoms with Gasteiger partial charge in [-0.2, -0.15) is 0 Å². The maximum absolute atomic E-state index is 14.9. The monoisotopic (exact) mass is 1180 g/mol. The first-order valence-electron chi connectivity index (χ1n) is 30.1. The summed E-state index contributed by atoms with van der Waals surface area (Å²) in [5.41, 5.74) is 1.12. The van der Waals surface area contributed by atoms with Gasteiger partial charge in [0.1, 0.15) is 12.7 Å². The number of aliphatic hydroxyl groups is 1. The zero-order valence-corrected chi connectivity index (χ0v) is 51.9. The lowest BCUT2D eigenvalue weighted by Gasteiger charge is -2.41. The number of ketones is 1. The van der Waals surface area contributed by atoms with Gasteiger partial charge in [0.15, 0.2) is 5.78 Å². The number of nitrogens with one attached hydrogen (secondary N) is 3. The second kappa shape index (κ2) is 33.1. The zero-order chi connectivity index (χ0) is 62.7. The molecule has 5 rings (SSSR count). The molecule has 2 aromatic rings. The SMILES string of the molecule is CC[C@H](C)[C@@H]([C@@H](CC(=O)N1CCC[C@H]1[C@H](OC)[C@@H](C)C(=O)N[C@H](C)[C@@H](O)c1ccccc1)OC)N(C)C(=O)[C@H](CC(=O)[C@H](C(C)C)N(C)C(=O)OCc1ccc(NC(=O)OC2/C=C/CCCCC2)c(C(=O)NCCN2C(=O)C=CC2=O)c1)C(C)C. The molecule has 1 unspecified atom stereocenters. The van der Waals surface area contributed by atoms with Gasteiger partial charge in [0.05, 0.1) is 66.1 Å². The van der Waals surface area contributed by atoms with E-state index in [1.807, 2.05) is 58.0 Å². The molecule has 2 aromatic carbocycles. The molecule has 0 bridgehead atoms. The van der Waals surface area contributed by atoms with Crippen molar-refractivity contribution < 1.29 is 67.2 Å². The Morgan fingerprint density at radius 2 is 1.51 bits per heavy atom. The predicted molar refractivity (Wildman–Crippen MR) is 320 cm³/mol. The highest BCUT2D eigenvalue weighted by molar-refractivity contribution is 6.13. The third kappa shape index (κ3) is 18.8.